The van der Waals surface area contributed by atoms with E-state index in [9.17, 15) is 4.79 Å². The molecule has 2 atom stereocenters. The number of methoxy groups -OCH3 is 1. The quantitative estimate of drug-likeness (QED) is 0.522. The number of amides is 1. The van der Waals surface area contributed by atoms with Crippen molar-refractivity contribution in [2.24, 2.45) is 10.5 Å². The summed E-state index contributed by atoms with van der Waals surface area (Å²) in [6.45, 7) is 4.35. The number of ether oxygens (including phenoxy) is 1. The fourth-order valence-electron chi connectivity index (χ4n) is 5.85. The molecule has 6 nitrogen and oxygen atoms in total. The zero-order valence-corrected chi connectivity index (χ0v) is 20.6. The molecule has 0 aliphatic carbocycles. The summed E-state index contributed by atoms with van der Waals surface area (Å²) < 4.78 is 5.35. The van der Waals surface area contributed by atoms with Crippen molar-refractivity contribution >= 4 is 40.3 Å². The third-order valence-corrected chi connectivity index (χ3v) is 7.92. The molecule has 6 rings (SSSR count). The maximum Gasteiger partial charge on any atom is 0.261 e. The molecule has 0 N–H and O–H groups in total. The van der Waals surface area contributed by atoms with Crippen LogP contribution in [0.2, 0.25) is 5.02 Å². The Balaban J connectivity index is 1.44. The summed E-state index contributed by atoms with van der Waals surface area (Å²) in [7, 11) is 1.68. The highest BCUT2D eigenvalue weighted by molar-refractivity contribution is 6.31. The standard InChI is InChI=1S/C28H27ClN4O2/c1-19-28(27(34)33(30-19)23-6-4-3-5-7-23)17-20-8-9-21(29)16-25(20)32-15-14-31(18-26(28)32)22-10-12-24(35-2)13-11-22/h3-13,16,26H,14-15,17-18H2,1-2H3/t26-,28+/m0/s1. The number of carbonyl (C=O) groups excluding carboxylic acids is 1. The molecule has 178 valence electrons. The lowest BCUT2D eigenvalue weighted by Gasteiger charge is -2.53. The summed E-state index contributed by atoms with van der Waals surface area (Å²) in [4.78, 5) is 19.0. The first kappa shape index (κ1) is 22.0. The molecule has 0 saturated carbocycles. The Morgan fingerprint density at radius 1 is 1.00 bits per heavy atom. The number of hydrogen-bond acceptors (Lipinski definition) is 5. The van der Waals surface area contributed by atoms with Gasteiger partial charge >= 0.3 is 0 Å². The summed E-state index contributed by atoms with van der Waals surface area (Å²) >= 11 is 6.42. The van der Waals surface area contributed by atoms with Crippen LogP contribution in [0.5, 0.6) is 5.75 Å². The van der Waals surface area contributed by atoms with Crippen LogP contribution in [0.4, 0.5) is 17.1 Å². The fraction of sp³-hybridized carbons (Fsp3) is 0.286. The molecular formula is C28H27ClN4O2. The van der Waals surface area contributed by atoms with Crippen molar-refractivity contribution in [1.82, 2.24) is 0 Å². The van der Waals surface area contributed by atoms with Crippen LogP contribution in [0.3, 0.4) is 0 Å². The van der Waals surface area contributed by atoms with Gasteiger partial charge in [0.25, 0.3) is 5.91 Å². The lowest BCUT2D eigenvalue weighted by molar-refractivity contribution is -0.125. The molecule has 0 unspecified atom stereocenters. The average Bonchev–Trinajstić information content (AvgIpc) is 3.15. The fourth-order valence-corrected chi connectivity index (χ4v) is 6.02. The molecule has 3 aliphatic rings. The lowest BCUT2D eigenvalue weighted by Crippen LogP contribution is -2.67. The van der Waals surface area contributed by atoms with Gasteiger partial charge in [0.15, 0.2) is 0 Å². The number of piperazine rings is 1. The number of nitrogens with zero attached hydrogens (tertiary/aromatic N) is 4. The van der Waals surface area contributed by atoms with Crippen LogP contribution in [0.1, 0.15) is 12.5 Å². The summed E-state index contributed by atoms with van der Waals surface area (Å²) in [5.41, 5.74) is 4.30. The lowest BCUT2D eigenvalue weighted by atomic mass is 9.67. The number of carbonyl (C=O) groups is 1. The van der Waals surface area contributed by atoms with E-state index in [0.717, 1.165) is 47.2 Å². The van der Waals surface area contributed by atoms with E-state index in [0.29, 0.717) is 18.0 Å². The van der Waals surface area contributed by atoms with Gasteiger partial charge in [0.1, 0.15) is 11.2 Å². The zero-order valence-electron chi connectivity index (χ0n) is 19.8. The molecule has 1 fully saturated rings. The minimum Gasteiger partial charge on any atom is -0.497 e. The second kappa shape index (κ2) is 8.31. The maximum atomic E-state index is 14.3. The Morgan fingerprint density at radius 3 is 2.51 bits per heavy atom. The summed E-state index contributed by atoms with van der Waals surface area (Å²) in [5.74, 6) is 0.867. The summed E-state index contributed by atoms with van der Waals surface area (Å²) in [6, 6.07) is 23.8. The highest BCUT2D eigenvalue weighted by Gasteiger charge is 2.60. The molecule has 3 aromatic carbocycles. The average molecular weight is 487 g/mol. The number of halogens is 1. The van der Waals surface area contributed by atoms with Gasteiger partial charge in [0, 0.05) is 36.0 Å². The van der Waals surface area contributed by atoms with Crippen molar-refractivity contribution in [3.63, 3.8) is 0 Å². The van der Waals surface area contributed by atoms with E-state index in [4.69, 9.17) is 21.4 Å². The van der Waals surface area contributed by atoms with Crippen LogP contribution < -0.4 is 19.5 Å². The van der Waals surface area contributed by atoms with Gasteiger partial charge in [-0.2, -0.15) is 10.1 Å². The number of anilines is 3. The van der Waals surface area contributed by atoms with Gasteiger partial charge in [-0.1, -0.05) is 35.9 Å². The number of rotatable bonds is 3. The third kappa shape index (κ3) is 3.39. The number of hydrazone groups is 1. The first-order valence-electron chi connectivity index (χ1n) is 11.9. The molecule has 1 amide bonds. The van der Waals surface area contributed by atoms with Gasteiger partial charge in [0.2, 0.25) is 0 Å². The van der Waals surface area contributed by atoms with Crippen molar-refractivity contribution < 1.29 is 9.53 Å². The Bertz CT molecular complexity index is 1310. The Hall–Kier alpha value is -3.51. The normalized spacial score (nSPS) is 23.3. The molecule has 1 spiro atoms. The molecular weight excluding hydrogens is 460 g/mol. The van der Waals surface area contributed by atoms with Crippen molar-refractivity contribution in [3.8, 4) is 5.75 Å². The van der Waals surface area contributed by atoms with Crippen molar-refractivity contribution in [1.29, 1.82) is 0 Å². The predicted molar refractivity (Wildman–Crippen MR) is 141 cm³/mol. The molecule has 0 bridgehead atoms. The van der Waals surface area contributed by atoms with E-state index in [1.807, 2.05) is 61.5 Å². The van der Waals surface area contributed by atoms with Gasteiger partial charge in [0.05, 0.1) is 24.6 Å². The minimum atomic E-state index is -0.748. The molecule has 35 heavy (non-hydrogen) atoms. The molecule has 1 saturated heterocycles. The molecule has 3 aromatic rings. The number of para-hydroxylation sites is 1. The smallest absolute Gasteiger partial charge is 0.261 e. The Morgan fingerprint density at radius 2 is 1.77 bits per heavy atom. The highest BCUT2D eigenvalue weighted by Crippen LogP contribution is 2.49. The van der Waals surface area contributed by atoms with Gasteiger partial charge in [-0.15, -0.1) is 0 Å². The monoisotopic (exact) mass is 486 g/mol. The molecule has 0 aromatic heterocycles. The maximum absolute atomic E-state index is 14.3. The Kier molecular flexibility index (Phi) is 5.22. The topological polar surface area (TPSA) is 48.4 Å². The van der Waals surface area contributed by atoms with Gasteiger partial charge < -0.3 is 14.5 Å². The molecule has 0 radical (unpaired) electrons. The van der Waals surface area contributed by atoms with Crippen LogP contribution in [0, 0.1) is 5.41 Å². The van der Waals surface area contributed by atoms with Crippen LogP contribution in [0.15, 0.2) is 77.9 Å². The number of hydrogen-bond donors (Lipinski definition) is 0. The third-order valence-electron chi connectivity index (χ3n) is 7.68. The Labute approximate surface area is 210 Å². The molecule has 3 aliphatic heterocycles. The second-order valence-corrected chi connectivity index (χ2v) is 9.85. The zero-order chi connectivity index (χ0) is 24.2. The second-order valence-electron chi connectivity index (χ2n) is 9.41. The van der Waals surface area contributed by atoms with Gasteiger partial charge in [-0.05, 0) is 67.4 Å². The van der Waals surface area contributed by atoms with E-state index >= 15 is 0 Å². The van der Waals surface area contributed by atoms with Crippen LogP contribution in [-0.4, -0.2) is 44.4 Å². The van der Waals surface area contributed by atoms with Gasteiger partial charge in [-0.25, -0.2) is 0 Å². The largest absolute Gasteiger partial charge is 0.497 e. The van der Waals surface area contributed by atoms with E-state index in [1.54, 1.807) is 12.1 Å². The van der Waals surface area contributed by atoms with Gasteiger partial charge in [-0.3, -0.25) is 4.79 Å². The van der Waals surface area contributed by atoms with E-state index in [1.165, 1.54) is 0 Å². The molecule has 3 heterocycles. The highest BCUT2D eigenvalue weighted by atomic mass is 35.5. The first-order valence-corrected chi connectivity index (χ1v) is 12.3. The van der Waals surface area contributed by atoms with Crippen LogP contribution in [-0.2, 0) is 11.2 Å². The van der Waals surface area contributed by atoms with Crippen molar-refractivity contribution in [2.45, 2.75) is 19.4 Å². The SMILES string of the molecule is COc1ccc(N2CCN3c4cc(Cl)ccc4C[C@]4(C(=O)N(c5ccccc5)N=C4C)[C@@H]3C2)cc1. The van der Waals surface area contributed by atoms with E-state index in [-0.39, 0.29) is 11.9 Å². The molecule has 7 heteroatoms. The summed E-state index contributed by atoms with van der Waals surface area (Å²) in [5, 5.41) is 7.14. The van der Waals surface area contributed by atoms with E-state index in [2.05, 4.69) is 28.0 Å². The number of benzene rings is 3. The van der Waals surface area contributed by atoms with Crippen molar-refractivity contribution in [2.75, 3.05) is 41.6 Å². The van der Waals surface area contributed by atoms with Crippen LogP contribution >= 0.6 is 11.6 Å². The predicted octanol–water partition coefficient (Wildman–Crippen LogP) is 5.01. The van der Waals surface area contributed by atoms with E-state index < -0.39 is 5.41 Å². The van der Waals surface area contributed by atoms with Crippen molar-refractivity contribution in [3.05, 3.63) is 83.4 Å². The summed E-state index contributed by atoms with van der Waals surface area (Å²) in [6.07, 6.45) is 0.606. The van der Waals surface area contributed by atoms with Crippen LogP contribution in [0.25, 0.3) is 0 Å². The number of fused-ring (bicyclic) bond motifs is 4. The minimum absolute atomic E-state index is 0.0355. The first-order chi connectivity index (χ1) is 17.0.